The first-order chi connectivity index (χ1) is 26.4. The molecule has 12 nitrogen and oxygen atoms in total. The number of hydrogen-bond acceptors (Lipinski definition) is 11. The van der Waals surface area contributed by atoms with Gasteiger partial charge in [-0.25, -0.2) is 4.57 Å². The van der Waals surface area contributed by atoms with E-state index >= 15 is 0 Å². The Kier molecular flexibility index (Phi) is 31.6. The molecule has 0 radical (unpaired) electrons. The summed E-state index contributed by atoms with van der Waals surface area (Å²) in [5, 5.41) is 74.1. The maximum absolute atomic E-state index is 12.9. The molecule has 0 amide bonds. The standard InChI is InChI=1S/C42H84NO11P/c1-3-5-7-9-11-13-15-17-18-20-21-23-25-27-29-31-35(44)34(33-53-55(51,52)54-42-40(49)38(47)37(46)39(48)41(42)50)43-36(45)32-30-28-26-24-22-19-16-14-12-10-8-6-4-2/h34-35,37-42,44,46-50H,3-33H2,1-2H3,(H,43,45)(H,51,52)/p-1/t34-,35+,37?,38-,39+,40+,41+,42?/m0/s1. The Bertz CT molecular complexity index is 960. The van der Waals surface area contributed by atoms with E-state index in [4.69, 9.17) is 9.05 Å². The van der Waals surface area contributed by atoms with Crippen LogP contribution in [0.25, 0.3) is 0 Å². The Morgan fingerprint density at radius 3 is 1.27 bits per heavy atom. The summed E-state index contributed by atoms with van der Waals surface area (Å²) in [6.07, 6.45) is 20.9. The third-order valence-corrected chi connectivity index (χ3v) is 12.1. The number of aliphatic hydroxyl groups excluding tert-OH is 6. The lowest BCUT2D eigenvalue weighted by atomic mass is 9.85. The molecule has 0 aromatic rings. The first kappa shape index (κ1) is 52.4. The van der Waals surface area contributed by atoms with Gasteiger partial charge in [0, 0.05) is 0 Å². The molecule has 0 aliphatic heterocycles. The van der Waals surface area contributed by atoms with E-state index in [1.54, 1.807) is 0 Å². The number of aliphatic hydroxyl groups is 6. The third-order valence-electron chi connectivity index (χ3n) is 11.1. The van der Waals surface area contributed by atoms with Crippen LogP contribution in [0.5, 0.6) is 0 Å². The van der Waals surface area contributed by atoms with Gasteiger partial charge in [-0.15, -0.1) is 0 Å². The fourth-order valence-corrected chi connectivity index (χ4v) is 8.33. The fourth-order valence-electron chi connectivity index (χ4n) is 7.37. The highest BCUT2D eigenvalue weighted by molar-refractivity contribution is 7.47. The molecule has 0 aromatic carbocycles. The van der Waals surface area contributed by atoms with Crippen molar-refractivity contribution in [3.63, 3.8) is 0 Å². The maximum Gasteiger partial charge on any atom is 0.472 e. The third kappa shape index (κ3) is 25.4. The summed E-state index contributed by atoms with van der Waals surface area (Å²) in [5.41, 5.74) is 0. The largest absolute Gasteiger partial charge is 0.862 e. The van der Waals surface area contributed by atoms with E-state index in [1.165, 1.54) is 128 Å². The fraction of sp³-hybridized carbons (Fsp3) is 0.976. The van der Waals surface area contributed by atoms with E-state index < -0.39 is 69.1 Å². The second-order valence-corrected chi connectivity index (χ2v) is 17.6. The van der Waals surface area contributed by atoms with Crippen LogP contribution in [0.1, 0.15) is 206 Å². The quantitative estimate of drug-likeness (QED) is 0.0141. The molecule has 1 aliphatic rings. The van der Waals surface area contributed by atoms with E-state index in [1.807, 2.05) is 0 Å². The normalized spacial score (nSPS) is 24.2. The minimum Gasteiger partial charge on any atom is -0.862 e. The molecule has 7 N–H and O–H groups in total. The van der Waals surface area contributed by atoms with Crippen molar-refractivity contribution in [3.05, 3.63) is 0 Å². The molecule has 9 atom stereocenters. The first-order valence-corrected chi connectivity index (χ1v) is 23.9. The molecule has 55 heavy (non-hydrogen) atoms. The van der Waals surface area contributed by atoms with Gasteiger partial charge in [0.15, 0.2) is 0 Å². The molecule has 0 aromatic heterocycles. The molecule has 328 valence electrons. The van der Waals surface area contributed by atoms with Crippen molar-refractivity contribution in [3.8, 4) is 0 Å². The zero-order valence-electron chi connectivity index (χ0n) is 34.7. The van der Waals surface area contributed by atoms with Gasteiger partial charge in [0.2, 0.25) is 0 Å². The zero-order chi connectivity index (χ0) is 40.7. The predicted molar refractivity (Wildman–Crippen MR) is 218 cm³/mol. The molecular weight excluding hydrogens is 725 g/mol. The molecule has 0 bridgehead atoms. The van der Waals surface area contributed by atoms with E-state index in [-0.39, 0.29) is 6.42 Å². The minimum atomic E-state index is -5.07. The number of aliphatic imine (C=N–C) groups is 1. The van der Waals surface area contributed by atoms with Gasteiger partial charge in [0.1, 0.15) is 36.6 Å². The number of phosphoric acid groups is 1. The summed E-state index contributed by atoms with van der Waals surface area (Å²) in [4.78, 5) is 14.6. The number of rotatable bonds is 37. The highest BCUT2D eigenvalue weighted by atomic mass is 31.2. The Labute approximate surface area is 334 Å². The second-order valence-electron chi connectivity index (χ2n) is 16.2. The van der Waals surface area contributed by atoms with Crippen LogP contribution >= 0.6 is 7.82 Å². The maximum atomic E-state index is 12.9. The molecule has 1 aliphatic carbocycles. The molecule has 1 fully saturated rings. The lowest BCUT2D eigenvalue weighted by Crippen LogP contribution is -2.64. The first-order valence-electron chi connectivity index (χ1n) is 22.4. The Balaban J connectivity index is 2.53. The van der Waals surface area contributed by atoms with Gasteiger partial charge in [-0.1, -0.05) is 187 Å². The average molecular weight is 809 g/mol. The van der Waals surface area contributed by atoms with Crippen molar-refractivity contribution >= 4 is 13.7 Å². The van der Waals surface area contributed by atoms with Gasteiger partial charge >= 0.3 is 7.82 Å². The summed E-state index contributed by atoms with van der Waals surface area (Å²) >= 11 is 0. The van der Waals surface area contributed by atoms with Gasteiger partial charge in [-0.3, -0.25) is 14.0 Å². The molecule has 0 heterocycles. The summed E-state index contributed by atoms with van der Waals surface area (Å²) in [6, 6.07) is -1.15. The van der Waals surface area contributed by atoms with Gasteiger partial charge in [0.05, 0.1) is 18.8 Å². The molecule has 1 saturated carbocycles. The molecule has 13 heteroatoms. The van der Waals surface area contributed by atoms with Crippen LogP contribution in [-0.4, -0.2) is 96.8 Å². The van der Waals surface area contributed by atoms with E-state index in [0.29, 0.717) is 19.3 Å². The minimum absolute atomic E-state index is 0.186. The molecule has 1 rings (SSSR count). The number of hydrogen-bond donors (Lipinski definition) is 7. The summed E-state index contributed by atoms with van der Waals surface area (Å²) in [5.74, 6) is -0.431. The topological polar surface area (TPSA) is 213 Å². The molecular formula is C42H83NO11P-. The number of phosphoric ester groups is 1. The van der Waals surface area contributed by atoms with Crippen molar-refractivity contribution in [2.24, 2.45) is 4.99 Å². The Hall–Kier alpha value is -0.660. The number of nitrogens with zero attached hydrogens (tertiary/aromatic N) is 1. The van der Waals surface area contributed by atoms with Gasteiger partial charge < -0.3 is 40.6 Å². The number of unbranched alkanes of at least 4 members (excludes halogenated alkanes) is 26. The highest BCUT2D eigenvalue weighted by Gasteiger charge is 2.51. The molecule has 0 spiro atoms. The SMILES string of the molecule is CCCCCCCCCCCCCCCCC[C@@H](O)[C@H](COP(=O)(O)OC1[C@H](O)[C@H](O)C(O)[C@H](O)[C@H]1O)N=C([O-])CCCCCCCCCCCCCCC. The van der Waals surface area contributed by atoms with Crippen molar-refractivity contribution in [2.75, 3.05) is 6.61 Å². The summed E-state index contributed by atoms with van der Waals surface area (Å²) in [7, 11) is -5.07. The zero-order valence-corrected chi connectivity index (χ0v) is 35.6. The van der Waals surface area contributed by atoms with Crippen molar-refractivity contribution in [1.82, 2.24) is 0 Å². The molecule has 0 saturated heterocycles. The van der Waals surface area contributed by atoms with Gasteiger partial charge in [-0.05, 0) is 25.2 Å². The van der Waals surface area contributed by atoms with Crippen LogP contribution in [0, 0.1) is 0 Å². The highest BCUT2D eigenvalue weighted by Crippen LogP contribution is 2.47. The van der Waals surface area contributed by atoms with Crippen LogP contribution in [0.3, 0.4) is 0 Å². The van der Waals surface area contributed by atoms with E-state index in [0.717, 1.165) is 38.5 Å². The Morgan fingerprint density at radius 1 is 0.564 bits per heavy atom. The predicted octanol–water partition coefficient (Wildman–Crippen LogP) is 7.54. The Morgan fingerprint density at radius 2 is 0.891 bits per heavy atom. The smallest absolute Gasteiger partial charge is 0.472 e. The average Bonchev–Trinajstić information content (AvgIpc) is 3.16. The molecule has 3 unspecified atom stereocenters. The van der Waals surface area contributed by atoms with Crippen molar-refractivity contribution < 1.29 is 54.3 Å². The van der Waals surface area contributed by atoms with Crippen LogP contribution in [0.4, 0.5) is 0 Å². The van der Waals surface area contributed by atoms with E-state index in [2.05, 4.69) is 18.8 Å². The van der Waals surface area contributed by atoms with Gasteiger partial charge in [0.25, 0.3) is 0 Å². The second kappa shape index (κ2) is 33.2. The monoisotopic (exact) mass is 809 g/mol. The lowest BCUT2D eigenvalue weighted by molar-refractivity contribution is -0.220. The van der Waals surface area contributed by atoms with Gasteiger partial charge in [-0.2, -0.15) is 0 Å². The van der Waals surface area contributed by atoms with Crippen LogP contribution in [0.15, 0.2) is 4.99 Å². The van der Waals surface area contributed by atoms with Crippen molar-refractivity contribution in [1.29, 1.82) is 0 Å². The summed E-state index contributed by atoms with van der Waals surface area (Å²) in [6.45, 7) is 3.83. The van der Waals surface area contributed by atoms with Crippen LogP contribution in [0.2, 0.25) is 0 Å². The summed E-state index contributed by atoms with van der Waals surface area (Å²) < 4.78 is 22.9. The lowest BCUT2D eigenvalue weighted by Gasteiger charge is -2.41. The van der Waals surface area contributed by atoms with E-state index in [9.17, 15) is 45.2 Å². The van der Waals surface area contributed by atoms with Crippen molar-refractivity contribution in [2.45, 2.75) is 255 Å². The van der Waals surface area contributed by atoms with Crippen LogP contribution in [-0.2, 0) is 13.6 Å². The van der Waals surface area contributed by atoms with Crippen LogP contribution < -0.4 is 5.11 Å².